The minimum atomic E-state index is 0.627. The van der Waals surface area contributed by atoms with Gasteiger partial charge < -0.3 is 10.2 Å². The Morgan fingerprint density at radius 3 is 2.53 bits per heavy atom. The number of rotatable bonds is 5. The Kier molecular flexibility index (Phi) is 5.82. The molecule has 0 radical (unpaired) electrons. The molecule has 1 aliphatic heterocycles. The molecule has 3 nitrogen and oxygen atoms in total. The van der Waals surface area contributed by atoms with Gasteiger partial charge in [-0.3, -0.25) is 4.90 Å². The third-order valence-electron chi connectivity index (χ3n) is 3.72. The molecule has 106 valence electrons. The lowest BCUT2D eigenvalue weighted by Gasteiger charge is -2.35. The first-order valence-electron chi connectivity index (χ1n) is 7.03. The minimum Gasteiger partial charge on any atom is -0.314 e. The van der Waals surface area contributed by atoms with E-state index in [1.54, 1.807) is 0 Å². The highest BCUT2D eigenvalue weighted by Gasteiger charge is 2.17. The summed E-state index contributed by atoms with van der Waals surface area (Å²) < 4.78 is 1.15. The summed E-state index contributed by atoms with van der Waals surface area (Å²) in [5, 5.41) is 3.41. The van der Waals surface area contributed by atoms with Gasteiger partial charge in [0.1, 0.15) is 0 Å². The van der Waals surface area contributed by atoms with Crippen LogP contribution in [0.1, 0.15) is 12.5 Å². The average Bonchev–Trinajstić information content (AvgIpc) is 2.42. The number of hydrogen-bond acceptors (Lipinski definition) is 3. The molecule has 0 saturated carbocycles. The molecule has 1 fully saturated rings. The minimum absolute atomic E-state index is 0.627. The molecule has 4 heteroatoms. The van der Waals surface area contributed by atoms with E-state index in [1.165, 1.54) is 18.7 Å². The number of likely N-dealkylation sites (N-methyl/N-ethyl adjacent to an activating group) is 1. The highest BCUT2D eigenvalue weighted by atomic mass is 79.9. The zero-order valence-electron chi connectivity index (χ0n) is 11.9. The van der Waals surface area contributed by atoms with Crippen LogP contribution >= 0.6 is 15.9 Å². The van der Waals surface area contributed by atoms with Gasteiger partial charge in [0.15, 0.2) is 0 Å². The van der Waals surface area contributed by atoms with E-state index in [2.05, 4.69) is 69.3 Å². The van der Waals surface area contributed by atoms with E-state index < -0.39 is 0 Å². The quantitative estimate of drug-likeness (QED) is 0.895. The predicted octanol–water partition coefficient (Wildman–Crippen LogP) is 2.17. The number of piperazine rings is 1. The zero-order chi connectivity index (χ0) is 13.7. The van der Waals surface area contributed by atoms with Crippen molar-refractivity contribution in [2.24, 2.45) is 0 Å². The first-order valence-corrected chi connectivity index (χ1v) is 7.82. The van der Waals surface area contributed by atoms with Gasteiger partial charge >= 0.3 is 0 Å². The van der Waals surface area contributed by atoms with E-state index in [0.29, 0.717) is 6.04 Å². The average molecular weight is 326 g/mol. The van der Waals surface area contributed by atoms with Gasteiger partial charge in [0.25, 0.3) is 0 Å². The van der Waals surface area contributed by atoms with Crippen molar-refractivity contribution < 1.29 is 0 Å². The normalized spacial score (nSPS) is 18.7. The maximum atomic E-state index is 3.48. The van der Waals surface area contributed by atoms with Crippen molar-refractivity contribution >= 4 is 15.9 Å². The fourth-order valence-corrected chi connectivity index (χ4v) is 2.92. The third kappa shape index (κ3) is 4.88. The van der Waals surface area contributed by atoms with E-state index in [-0.39, 0.29) is 0 Å². The first-order chi connectivity index (χ1) is 9.15. The Morgan fingerprint density at radius 2 is 1.89 bits per heavy atom. The van der Waals surface area contributed by atoms with Crippen LogP contribution in [-0.4, -0.2) is 55.6 Å². The Labute approximate surface area is 125 Å². The van der Waals surface area contributed by atoms with Crippen molar-refractivity contribution in [3.8, 4) is 0 Å². The smallest absolute Gasteiger partial charge is 0.0231 e. The van der Waals surface area contributed by atoms with Crippen LogP contribution in [0.5, 0.6) is 0 Å². The maximum absolute atomic E-state index is 3.48. The highest BCUT2D eigenvalue weighted by Crippen LogP contribution is 2.12. The molecule has 1 aromatic carbocycles. The van der Waals surface area contributed by atoms with Crippen LogP contribution in [0.2, 0.25) is 0 Å². The molecule has 1 N–H and O–H groups in total. The molecule has 0 amide bonds. The molecule has 1 unspecified atom stereocenters. The molecular weight excluding hydrogens is 302 g/mol. The second kappa shape index (κ2) is 7.39. The molecule has 1 heterocycles. The van der Waals surface area contributed by atoms with E-state index in [0.717, 1.165) is 30.7 Å². The second-order valence-electron chi connectivity index (χ2n) is 5.46. The number of nitrogens with one attached hydrogen (secondary N) is 1. The van der Waals surface area contributed by atoms with Crippen molar-refractivity contribution in [1.82, 2.24) is 15.1 Å². The van der Waals surface area contributed by atoms with Crippen LogP contribution in [0.3, 0.4) is 0 Å². The van der Waals surface area contributed by atoms with Crippen LogP contribution in [-0.2, 0) is 6.54 Å². The van der Waals surface area contributed by atoms with E-state index in [1.807, 2.05) is 0 Å². The lowest BCUT2D eigenvalue weighted by atomic mass is 10.2. The van der Waals surface area contributed by atoms with Gasteiger partial charge in [0, 0.05) is 49.8 Å². The summed E-state index contributed by atoms with van der Waals surface area (Å²) >= 11 is 3.48. The topological polar surface area (TPSA) is 18.5 Å². The summed E-state index contributed by atoms with van der Waals surface area (Å²) in [6.45, 7) is 9.07. The molecule has 0 bridgehead atoms. The van der Waals surface area contributed by atoms with Crippen molar-refractivity contribution in [2.45, 2.75) is 19.5 Å². The van der Waals surface area contributed by atoms with Crippen molar-refractivity contribution in [3.05, 3.63) is 34.3 Å². The van der Waals surface area contributed by atoms with Gasteiger partial charge in [0.05, 0.1) is 0 Å². The first kappa shape index (κ1) is 15.0. The fraction of sp³-hybridized carbons (Fsp3) is 0.600. The van der Waals surface area contributed by atoms with Gasteiger partial charge in [-0.15, -0.1) is 0 Å². The van der Waals surface area contributed by atoms with E-state index >= 15 is 0 Å². The molecule has 1 aliphatic rings. The predicted molar refractivity (Wildman–Crippen MR) is 84.4 cm³/mol. The van der Waals surface area contributed by atoms with Crippen molar-refractivity contribution in [3.63, 3.8) is 0 Å². The van der Waals surface area contributed by atoms with Gasteiger partial charge in [-0.2, -0.15) is 0 Å². The number of hydrogen-bond donors (Lipinski definition) is 1. The van der Waals surface area contributed by atoms with Crippen molar-refractivity contribution in [2.75, 3.05) is 39.8 Å². The molecule has 0 aliphatic carbocycles. The number of nitrogens with zero attached hydrogens (tertiary/aromatic N) is 2. The number of halogens is 1. The largest absolute Gasteiger partial charge is 0.314 e. The fourth-order valence-electron chi connectivity index (χ4n) is 2.66. The molecule has 2 rings (SSSR count). The standard InChI is InChI=1S/C15H24BrN3/c1-13(19-9-7-17-8-10-19)11-18(2)12-14-3-5-15(16)6-4-14/h3-6,13,17H,7-12H2,1-2H3. The Bertz CT molecular complexity index is 373. The zero-order valence-corrected chi connectivity index (χ0v) is 13.5. The van der Waals surface area contributed by atoms with Crippen LogP contribution in [0.25, 0.3) is 0 Å². The SMILES string of the molecule is CC(CN(C)Cc1ccc(Br)cc1)N1CCNCC1. The Morgan fingerprint density at radius 1 is 1.26 bits per heavy atom. The summed E-state index contributed by atoms with van der Waals surface area (Å²) in [6, 6.07) is 9.24. The van der Waals surface area contributed by atoms with Crippen LogP contribution in [0, 0.1) is 0 Å². The maximum Gasteiger partial charge on any atom is 0.0231 e. The molecule has 1 saturated heterocycles. The molecule has 1 aromatic rings. The summed E-state index contributed by atoms with van der Waals surface area (Å²) in [7, 11) is 2.21. The van der Waals surface area contributed by atoms with Gasteiger partial charge in [-0.1, -0.05) is 28.1 Å². The van der Waals surface area contributed by atoms with Crippen LogP contribution in [0.4, 0.5) is 0 Å². The van der Waals surface area contributed by atoms with Crippen LogP contribution < -0.4 is 5.32 Å². The molecule has 19 heavy (non-hydrogen) atoms. The van der Waals surface area contributed by atoms with Gasteiger partial charge in [-0.25, -0.2) is 0 Å². The van der Waals surface area contributed by atoms with E-state index in [9.17, 15) is 0 Å². The molecule has 0 spiro atoms. The molecule has 0 aromatic heterocycles. The summed E-state index contributed by atoms with van der Waals surface area (Å²) in [5.41, 5.74) is 1.37. The monoisotopic (exact) mass is 325 g/mol. The molecule has 1 atom stereocenters. The summed E-state index contributed by atoms with van der Waals surface area (Å²) in [6.07, 6.45) is 0. The lowest BCUT2D eigenvalue weighted by molar-refractivity contribution is 0.144. The third-order valence-corrected chi connectivity index (χ3v) is 4.25. The van der Waals surface area contributed by atoms with Gasteiger partial charge in [0.2, 0.25) is 0 Å². The molecular formula is C15H24BrN3. The van der Waals surface area contributed by atoms with Gasteiger partial charge in [-0.05, 0) is 31.7 Å². The Hall–Kier alpha value is -0.420. The highest BCUT2D eigenvalue weighted by molar-refractivity contribution is 9.10. The lowest BCUT2D eigenvalue weighted by Crippen LogP contribution is -2.50. The summed E-state index contributed by atoms with van der Waals surface area (Å²) in [5.74, 6) is 0. The summed E-state index contributed by atoms with van der Waals surface area (Å²) in [4.78, 5) is 4.99. The van der Waals surface area contributed by atoms with E-state index in [4.69, 9.17) is 0 Å². The Balaban J connectivity index is 1.79. The number of benzene rings is 1. The van der Waals surface area contributed by atoms with Crippen LogP contribution in [0.15, 0.2) is 28.7 Å². The second-order valence-corrected chi connectivity index (χ2v) is 6.37. The van der Waals surface area contributed by atoms with Crippen molar-refractivity contribution in [1.29, 1.82) is 0 Å².